The van der Waals surface area contributed by atoms with Crippen LogP contribution in [0.15, 0.2) is 23.1 Å². The lowest BCUT2D eigenvalue weighted by molar-refractivity contribution is 0.219. The van der Waals surface area contributed by atoms with Crippen LogP contribution in [0.25, 0.3) is 0 Å². The molecule has 0 aromatic heterocycles. The van der Waals surface area contributed by atoms with Gasteiger partial charge in [-0.05, 0) is 38.5 Å². The van der Waals surface area contributed by atoms with E-state index in [1.807, 2.05) is 13.8 Å². The largest absolute Gasteiger partial charge is 0.314 e. The summed E-state index contributed by atoms with van der Waals surface area (Å²) in [7, 11) is -3.80. The molecular formula is C13H19FN2O2S. The van der Waals surface area contributed by atoms with Gasteiger partial charge in [0.2, 0.25) is 10.0 Å². The first-order valence-corrected chi connectivity index (χ1v) is 7.78. The second-order valence-corrected chi connectivity index (χ2v) is 6.94. The molecule has 1 aromatic carbocycles. The Kier molecular flexibility index (Phi) is 3.94. The Hall–Kier alpha value is -0.980. The molecule has 1 aromatic rings. The summed E-state index contributed by atoms with van der Waals surface area (Å²) in [5.41, 5.74) is 0.732. The molecule has 1 aliphatic heterocycles. The predicted molar refractivity (Wildman–Crippen MR) is 72.0 cm³/mol. The molecule has 1 aliphatic rings. The van der Waals surface area contributed by atoms with Crippen LogP contribution in [0.2, 0.25) is 0 Å². The molecule has 1 heterocycles. The summed E-state index contributed by atoms with van der Waals surface area (Å²) in [6.07, 6.45) is 0. The van der Waals surface area contributed by atoms with E-state index in [1.54, 1.807) is 13.0 Å². The Labute approximate surface area is 113 Å². The lowest BCUT2D eigenvalue weighted by Gasteiger charge is -2.38. The van der Waals surface area contributed by atoms with Gasteiger partial charge in [-0.15, -0.1) is 0 Å². The van der Waals surface area contributed by atoms with Crippen molar-refractivity contribution < 1.29 is 12.8 Å². The molecule has 0 aliphatic carbocycles. The molecular weight excluding hydrogens is 267 g/mol. The lowest BCUT2D eigenvalue weighted by atomic mass is 10.2. The Bertz CT molecular complexity index is 564. The predicted octanol–water partition coefficient (Wildman–Crippen LogP) is 1.51. The molecule has 2 atom stereocenters. The van der Waals surface area contributed by atoms with E-state index in [1.165, 1.54) is 16.4 Å². The zero-order valence-electron chi connectivity index (χ0n) is 11.4. The van der Waals surface area contributed by atoms with Crippen molar-refractivity contribution in [3.8, 4) is 0 Å². The standard InChI is InChI=1S/C13H19FN2O2S/c1-9-4-5-12(14)13(6-9)19(17,18)16-10(2)7-15-8-11(16)3/h4-6,10-11,15H,7-8H2,1-3H3. The summed E-state index contributed by atoms with van der Waals surface area (Å²) in [6.45, 7) is 6.57. The van der Waals surface area contributed by atoms with E-state index < -0.39 is 15.8 Å². The summed E-state index contributed by atoms with van der Waals surface area (Å²) in [5, 5.41) is 3.16. The van der Waals surface area contributed by atoms with Crippen molar-refractivity contribution in [2.45, 2.75) is 37.8 Å². The Balaban J connectivity index is 2.49. The van der Waals surface area contributed by atoms with Gasteiger partial charge in [-0.1, -0.05) is 6.07 Å². The van der Waals surface area contributed by atoms with Gasteiger partial charge in [0.25, 0.3) is 0 Å². The third kappa shape index (κ3) is 2.66. The molecule has 0 saturated carbocycles. The van der Waals surface area contributed by atoms with Crippen molar-refractivity contribution in [3.63, 3.8) is 0 Å². The van der Waals surface area contributed by atoms with Crippen LogP contribution in [0, 0.1) is 12.7 Å². The Morgan fingerprint density at radius 3 is 2.42 bits per heavy atom. The number of piperazine rings is 1. The fraction of sp³-hybridized carbons (Fsp3) is 0.538. The van der Waals surface area contributed by atoms with Gasteiger partial charge in [-0.25, -0.2) is 12.8 Å². The molecule has 2 unspecified atom stereocenters. The molecule has 4 nitrogen and oxygen atoms in total. The minimum absolute atomic E-state index is 0.186. The zero-order chi connectivity index (χ0) is 14.2. The quantitative estimate of drug-likeness (QED) is 0.896. The number of nitrogens with one attached hydrogen (secondary N) is 1. The monoisotopic (exact) mass is 286 g/mol. The molecule has 0 amide bonds. The fourth-order valence-electron chi connectivity index (χ4n) is 2.51. The highest BCUT2D eigenvalue weighted by atomic mass is 32.2. The SMILES string of the molecule is Cc1ccc(F)c(S(=O)(=O)N2C(C)CNCC2C)c1. The Morgan fingerprint density at radius 2 is 1.84 bits per heavy atom. The van der Waals surface area contributed by atoms with Crippen molar-refractivity contribution >= 4 is 10.0 Å². The number of hydrogen-bond acceptors (Lipinski definition) is 3. The molecule has 1 saturated heterocycles. The lowest BCUT2D eigenvalue weighted by Crippen LogP contribution is -2.57. The van der Waals surface area contributed by atoms with Crippen LogP contribution in [0.4, 0.5) is 4.39 Å². The molecule has 0 radical (unpaired) electrons. The van der Waals surface area contributed by atoms with E-state index in [2.05, 4.69) is 5.32 Å². The van der Waals surface area contributed by atoms with E-state index in [-0.39, 0.29) is 17.0 Å². The molecule has 6 heteroatoms. The first kappa shape index (κ1) is 14.4. The van der Waals surface area contributed by atoms with E-state index in [9.17, 15) is 12.8 Å². The van der Waals surface area contributed by atoms with Crippen molar-refractivity contribution in [2.75, 3.05) is 13.1 Å². The van der Waals surface area contributed by atoms with Crippen molar-refractivity contribution in [1.29, 1.82) is 0 Å². The maximum atomic E-state index is 13.9. The van der Waals surface area contributed by atoms with Gasteiger partial charge in [0.15, 0.2) is 0 Å². The van der Waals surface area contributed by atoms with Gasteiger partial charge in [-0.2, -0.15) is 4.31 Å². The third-order valence-corrected chi connectivity index (χ3v) is 5.53. The number of rotatable bonds is 2. The first-order chi connectivity index (χ1) is 8.84. The topological polar surface area (TPSA) is 49.4 Å². The fourth-order valence-corrected chi connectivity index (χ4v) is 4.48. The number of benzene rings is 1. The first-order valence-electron chi connectivity index (χ1n) is 6.34. The summed E-state index contributed by atoms with van der Waals surface area (Å²) < 4.78 is 40.5. The van der Waals surface area contributed by atoms with Gasteiger partial charge in [0.1, 0.15) is 10.7 Å². The van der Waals surface area contributed by atoms with Crippen LogP contribution in [0.3, 0.4) is 0 Å². The number of hydrogen-bond donors (Lipinski definition) is 1. The number of sulfonamides is 1. The van der Waals surface area contributed by atoms with E-state index >= 15 is 0 Å². The number of nitrogens with zero attached hydrogens (tertiary/aromatic N) is 1. The highest BCUT2D eigenvalue weighted by molar-refractivity contribution is 7.89. The third-order valence-electron chi connectivity index (χ3n) is 3.39. The minimum Gasteiger partial charge on any atom is -0.314 e. The van der Waals surface area contributed by atoms with Crippen LogP contribution < -0.4 is 5.32 Å². The highest BCUT2D eigenvalue weighted by Crippen LogP contribution is 2.25. The van der Waals surface area contributed by atoms with Gasteiger partial charge < -0.3 is 5.32 Å². The summed E-state index contributed by atoms with van der Waals surface area (Å²) in [4.78, 5) is -0.229. The van der Waals surface area contributed by atoms with Crippen LogP contribution in [-0.4, -0.2) is 37.9 Å². The average molecular weight is 286 g/mol. The van der Waals surface area contributed by atoms with Crippen LogP contribution >= 0.6 is 0 Å². The highest BCUT2D eigenvalue weighted by Gasteiger charge is 2.37. The zero-order valence-corrected chi connectivity index (χ0v) is 12.2. The van der Waals surface area contributed by atoms with Crippen molar-refractivity contribution in [1.82, 2.24) is 9.62 Å². The smallest absolute Gasteiger partial charge is 0.246 e. The maximum absolute atomic E-state index is 13.9. The molecule has 106 valence electrons. The number of aryl methyl sites for hydroxylation is 1. The number of halogens is 1. The normalized spacial score (nSPS) is 25.5. The summed E-state index contributed by atoms with van der Waals surface area (Å²) in [6, 6.07) is 3.80. The molecule has 1 N–H and O–H groups in total. The molecule has 0 bridgehead atoms. The second kappa shape index (κ2) is 5.19. The van der Waals surface area contributed by atoms with Crippen LogP contribution in [0.1, 0.15) is 19.4 Å². The van der Waals surface area contributed by atoms with Gasteiger partial charge in [0.05, 0.1) is 0 Å². The minimum atomic E-state index is -3.80. The van der Waals surface area contributed by atoms with Gasteiger partial charge in [-0.3, -0.25) is 0 Å². The van der Waals surface area contributed by atoms with E-state index in [4.69, 9.17) is 0 Å². The molecule has 1 fully saturated rings. The maximum Gasteiger partial charge on any atom is 0.246 e. The van der Waals surface area contributed by atoms with Gasteiger partial charge in [0, 0.05) is 25.2 Å². The second-order valence-electron chi connectivity index (χ2n) is 5.13. The van der Waals surface area contributed by atoms with Crippen LogP contribution in [0.5, 0.6) is 0 Å². The molecule has 19 heavy (non-hydrogen) atoms. The van der Waals surface area contributed by atoms with Crippen molar-refractivity contribution in [3.05, 3.63) is 29.6 Å². The Morgan fingerprint density at radius 1 is 1.26 bits per heavy atom. The van der Waals surface area contributed by atoms with Crippen LogP contribution in [-0.2, 0) is 10.0 Å². The summed E-state index contributed by atoms with van der Waals surface area (Å²) in [5.74, 6) is -0.691. The average Bonchev–Trinajstić information content (AvgIpc) is 2.31. The summed E-state index contributed by atoms with van der Waals surface area (Å²) >= 11 is 0. The van der Waals surface area contributed by atoms with E-state index in [0.717, 1.165) is 5.56 Å². The van der Waals surface area contributed by atoms with E-state index in [0.29, 0.717) is 13.1 Å². The molecule has 0 spiro atoms. The van der Waals surface area contributed by atoms with Gasteiger partial charge >= 0.3 is 0 Å². The van der Waals surface area contributed by atoms with Crippen molar-refractivity contribution in [2.24, 2.45) is 0 Å². The molecule has 2 rings (SSSR count).